The molecule has 0 radical (unpaired) electrons. The molecule has 1 atom stereocenters. The first kappa shape index (κ1) is 13.8. The molecule has 104 valence electrons. The summed E-state index contributed by atoms with van der Waals surface area (Å²) in [6, 6.07) is 6.33. The normalized spacial score (nSPS) is 12.1. The summed E-state index contributed by atoms with van der Waals surface area (Å²) in [5, 5.41) is 12.3. The number of fused-ring (bicyclic) bond motifs is 1. The summed E-state index contributed by atoms with van der Waals surface area (Å²) in [4.78, 5) is 36.4. The number of hydrogen-bond donors (Lipinski definition) is 3. The monoisotopic (exact) mass is 274 g/mol. The van der Waals surface area contributed by atoms with Gasteiger partial charge in [0.05, 0.1) is 0 Å². The number of aromatic nitrogens is 1. The Morgan fingerprint density at radius 3 is 2.65 bits per heavy atom. The summed E-state index contributed by atoms with van der Waals surface area (Å²) in [5.41, 5.74) is 1.67. The fourth-order valence-electron chi connectivity index (χ4n) is 1.98. The van der Waals surface area contributed by atoms with Crippen molar-refractivity contribution in [3.05, 3.63) is 36.0 Å². The van der Waals surface area contributed by atoms with Crippen molar-refractivity contribution in [2.45, 2.75) is 19.4 Å². The van der Waals surface area contributed by atoms with Crippen LogP contribution in [0, 0.1) is 0 Å². The highest BCUT2D eigenvalue weighted by Crippen LogP contribution is 2.19. The quantitative estimate of drug-likeness (QED) is 0.704. The van der Waals surface area contributed by atoms with Gasteiger partial charge in [0.1, 0.15) is 6.04 Å². The van der Waals surface area contributed by atoms with Gasteiger partial charge in [-0.25, -0.2) is 4.79 Å². The third-order valence-electron chi connectivity index (χ3n) is 3.02. The van der Waals surface area contributed by atoms with E-state index in [1.54, 1.807) is 6.20 Å². The molecular formula is C14H14N2O4. The molecule has 6 heteroatoms. The number of rotatable bonds is 5. The van der Waals surface area contributed by atoms with Crippen LogP contribution in [0.25, 0.3) is 10.9 Å². The average molecular weight is 274 g/mol. The minimum Gasteiger partial charge on any atom is -0.480 e. The number of ketones is 1. The molecule has 1 aromatic heterocycles. The molecule has 2 aromatic rings. The lowest BCUT2D eigenvalue weighted by Crippen LogP contribution is -2.44. The van der Waals surface area contributed by atoms with E-state index in [1.807, 2.05) is 24.3 Å². The molecule has 0 saturated heterocycles. The summed E-state index contributed by atoms with van der Waals surface area (Å²) in [6.07, 6.45) is 1.82. The number of H-pyrrole nitrogens is 1. The van der Waals surface area contributed by atoms with E-state index in [0.717, 1.165) is 23.4 Å². The summed E-state index contributed by atoms with van der Waals surface area (Å²) < 4.78 is 0. The average Bonchev–Trinajstić information content (AvgIpc) is 2.81. The lowest BCUT2D eigenvalue weighted by molar-refractivity contribution is -0.143. The number of aliphatic carboxylic acids is 1. The van der Waals surface area contributed by atoms with Crippen molar-refractivity contribution in [1.82, 2.24) is 10.3 Å². The number of hydrogen-bond acceptors (Lipinski definition) is 3. The Hall–Kier alpha value is -2.63. The van der Waals surface area contributed by atoms with E-state index in [0.29, 0.717) is 0 Å². The van der Waals surface area contributed by atoms with Crippen molar-refractivity contribution >= 4 is 28.6 Å². The van der Waals surface area contributed by atoms with Crippen LogP contribution in [0.2, 0.25) is 0 Å². The fourth-order valence-corrected chi connectivity index (χ4v) is 1.98. The SMILES string of the molecule is CC(=O)C(=O)N[C@@H](Cc1c[nH]c2ccccc12)C(=O)O. The molecule has 0 bridgehead atoms. The first-order chi connectivity index (χ1) is 9.49. The largest absolute Gasteiger partial charge is 0.480 e. The van der Waals surface area contributed by atoms with Crippen molar-refractivity contribution in [3.63, 3.8) is 0 Å². The molecule has 0 aliphatic rings. The molecule has 3 N–H and O–H groups in total. The number of carbonyl (C=O) groups is 3. The van der Waals surface area contributed by atoms with Gasteiger partial charge in [0, 0.05) is 30.4 Å². The molecule has 20 heavy (non-hydrogen) atoms. The Bertz CT molecular complexity index is 675. The van der Waals surface area contributed by atoms with E-state index >= 15 is 0 Å². The lowest BCUT2D eigenvalue weighted by Gasteiger charge is -2.12. The van der Waals surface area contributed by atoms with E-state index in [-0.39, 0.29) is 6.42 Å². The van der Waals surface area contributed by atoms with Crippen molar-refractivity contribution in [1.29, 1.82) is 0 Å². The van der Waals surface area contributed by atoms with Gasteiger partial charge in [-0.2, -0.15) is 0 Å². The van der Waals surface area contributed by atoms with Gasteiger partial charge < -0.3 is 15.4 Å². The first-order valence-electron chi connectivity index (χ1n) is 6.08. The third kappa shape index (κ3) is 2.85. The molecule has 0 spiro atoms. The Morgan fingerprint density at radius 1 is 1.30 bits per heavy atom. The van der Waals surface area contributed by atoms with Gasteiger partial charge in [0.2, 0.25) is 5.78 Å². The molecule has 2 rings (SSSR count). The maximum atomic E-state index is 11.3. The number of Topliss-reactive ketones (excluding diaryl/α,β-unsaturated/α-hetero) is 1. The maximum absolute atomic E-state index is 11.3. The predicted molar refractivity (Wildman–Crippen MR) is 72.3 cm³/mol. The van der Waals surface area contributed by atoms with Gasteiger partial charge in [-0.3, -0.25) is 9.59 Å². The van der Waals surface area contributed by atoms with Gasteiger partial charge in [0.15, 0.2) is 0 Å². The zero-order chi connectivity index (χ0) is 14.7. The predicted octanol–water partition coefficient (Wildman–Crippen LogP) is 0.869. The van der Waals surface area contributed by atoms with Gasteiger partial charge in [-0.15, -0.1) is 0 Å². The number of aromatic amines is 1. The van der Waals surface area contributed by atoms with Crippen LogP contribution in [0.3, 0.4) is 0 Å². The van der Waals surface area contributed by atoms with Crippen LogP contribution in [-0.4, -0.2) is 33.8 Å². The maximum Gasteiger partial charge on any atom is 0.326 e. The molecule has 0 aliphatic heterocycles. The van der Waals surface area contributed by atoms with E-state index in [9.17, 15) is 14.4 Å². The van der Waals surface area contributed by atoms with E-state index in [4.69, 9.17) is 5.11 Å². The highest BCUT2D eigenvalue weighted by molar-refractivity contribution is 6.35. The molecule has 1 heterocycles. The van der Waals surface area contributed by atoms with Gasteiger partial charge in [0.25, 0.3) is 5.91 Å². The Kier molecular flexibility index (Phi) is 3.84. The summed E-state index contributed by atoms with van der Waals surface area (Å²) >= 11 is 0. The zero-order valence-corrected chi connectivity index (χ0v) is 10.8. The van der Waals surface area contributed by atoms with E-state index in [2.05, 4.69) is 10.3 Å². The van der Waals surface area contributed by atoms with Crippen LogP contribution < -0.4 is 5.32 Å². The standard InChI is InChI=1S/C14H14N2O4/c1-8(17)13(18)16-12(14(19)20)6-9-7-15-11-5-3-2-4-10(9)11/h2-5,7,12,15H,6H2,1H3,(H,16,18)(H,19,20)/t12-/m0/s1. The second kappa shape index (κ2) is 5.56. The molecule has 6 nitrogen and oxygen atoms in total. The third-order valence-corrected chi connectivity index (χ3v) is 3.02. The second-order valence-electron chi connectivity index (χ2n) is 4.48. The van der Waals surface area contributed by atoms with Crippen LogP contribution in [0.4, 0.5) is 0 Å². The van der Waals surface area contributed by atoms with Crippen molar-refractivity contribution in [2.75, 3.05) is 0 Å². The molecule has 0 saturated carbocycles. The van der Waals surface area contributed by atoms with E-state index in [1.165, 1.54) is 0 Å². The van der Waals surface area contributed by atoms with Crippen molar-refractivity contribution in [3.8, 4) is 0 Å². The highest BCUT2D eigenvalue weighted by atomic mass is 16.4. The van der Waals surface area contributed by atoms with Crippen LogP contribution in [0.15, 0.2) is 30.5 Å². The molecule has 0 fully saturated rings. The first-order valence-corrected chi connectivity index (χ1v) is 6.08. The van der Waals surface area contributed by atoms with E-state index < -0.39 is 23.7 Å². The smallest absolute Gasteiger partial charge is 0.326 e. The van der Waals surface area contributed by atoms with Crippen LogP contribution >= 0.6 is 0 Å². The minimum absolute atomic E-state index is 0.109. The molecule has 1 amide bonds. The number of benzene rings is 1. The molecule has 0 unspecified atom stereocenters. The van der Waals surface area contributed by atoms with Crippen LogP contribution in [0.5, 0.6) is 0 Å². The Balaban J connectivity index is 2.22. The number of carboxylic acid groups (broad SMARTS) is 1. The van der Waals surface area contributed by atoms with Crippen LogP contribution in [0.1, 0.15) is 12.5 Å². The summed E-state index contributed by atoms with van der Waals surface area (Å²) in [6.45, 7) is 1.10. The van der Waals surface area contributed by atoms with Crippen molar-refractivity contribution < 1.29 is 19.5 Å². The van der Waals surface area contributed by atoms with Gasteiger partial charge >= 0.3 is 5.97 Å². The Labute approximate surface area is 114 Å². The second-order valence-corrected chi connectivity index (χ2v) is 4.48. The van der Waals surface area contributed by atoms with Crippen LogP contribution in [-0.2, 0) is 20.8 Å². The highest BCUT2D eigenvalue weighted by Gasteiger charge is 2.23. The van der Waals surface area contributed by atoms with Gasteiger partial charge in [-0.1, -0.05) is 18.2 Å². The van der Waals surface area contributed by atoms with Crippen molar-refractivity contribution in [2.24, 2.45) is 0 Å². The topological polar surface area (TPSA) is 99.3 Å². The summed E-state index contributed by atoms with van der Waals surface area (Å²) in [7, 11) is 0. The molecular weight excluding hydrogens is 260 g/mol. The Morgan fingerprint density at radius 2 is 2.00 bits per heavy atom. The lowest BCUT2D eigenvalue weighted by atomic mass is 10.0. The fraction of sp³-hybridized carbons (Fsp3) is 0.214. The summed E-state index contributed by atoms with van der Waals surface area (Å²) in [5.74, 6) is -2.78. The molecule has 1 aromatic carbocycles. The molecule has 0 aliphatic carbocycles. The van der Waals surface area contributed by atoms with Gasteiger partial charge in [-0.05, 0) is 11.6 Å². The number of para-hydroxylation sites is 1. The number of carboxylic acids is 1. The number of nitrogens with one attached hydrogen (secondary N) is 2. The zero-order valence-electron chi connectivity index (χ0n) is 10.8. The minimum atomic E-state index is -1.18. The number of amides is 1. The number of carbonyl (C=O) groups excluding carboxylic acids is 2.